The lowest BCUT2D eigenvalue weighted by Gasteiger charge is -2.37. The van der Waals surface area contributed by atoms with Crippen LogP contribution >= 0.6 is 22.6 Å². The summed E-state index contributed by atoms with van der Waals surface area (Å²) < 4.78 is 0.196. The lowest BCUT2D eigenvalue weighted by Crippen LogP contribution is -2.30. The molecule has 0 heterocycles. The maximum atomic E-state index is 2.71. The van der Waals surface area contributed by atoms with E-state index in [1.807, 2.05) is 0 Å². The first-order chi connectivity index (χ1) is 40.1. The molecule has 15 rings (SSSR count). The fraction of sp³-hybridized carbons (Fsp3) is 0.0769. The van der Waals surface area contributed by atoms with Gasteiger partial charge in [-0.3, -0.25) is 0 Å². The first-order valence-corrected chi connectivity index (χ1v) is 29.7. The van der Waals surface area contributed by atoms with E-state index in [1.165, 1.54) is 116 Å². The van der Waals surface area contributed by atoms with E-state index in [0.717, 1.165) is 48.4 Å². The van der Waals surface area contributed by atoms with Gasteiger partial charge in [0.05, 0.1) is 3.92 Å². The smallest absolute Gasteiger partial charge is 0.0619 e. The van der Waals surface area contributed by atoms with E-state index in [2.05, 4.69) is 318 Å². The number of benzene rings is 11. The van der Waals surface area contributed by atoms with Gasteiger partial charge in [0, 0.05) is 40.1 Å². The molecule has 2 nitrogen and oxygen atoms in total. The fourth-order valence-corrected chi connectivity index (χ4v) is 14.1. The third-order valence-corrected chi connectivity index (χ3v) is 18.5. The molecular formula is C78H57IN2. The van der Waals surface area contributed by atoms with Crippen LogP contribution in [0.15, 0.2) is 284 Å². The highest BCUT2D eigenvalue weighted by Crippen LogP contribution is 2.50. The second-order valence-electron chi connectivity index (χ2n) is 21.9. The summed E-state index contributed by atoms with van der Waals surface area (Å²) in [7, 11) is 0. The summed E-state index contributed by atoms with van der Waals surface area (Å²) in [6.07, 6.45) is 27.3. The molecule has 11 aromatic rings. The average Bonchev–Trinajstić information content (AvgIpc) is 3.22. The van der Waals surface area contributed by atoms with Crippen LogP contribution in [0.5, 0.6) is 0 Å². The number of alkyl halides is 1. The van der Waals surface area contributed by atoms with Gasteiger partial charge < -0.3 is 9.80 Å². The highest BCUT2D eigenvalue weighted by Gasteiger charge is 2.32. The standard InChI is InChI=1S/C78H57IN2/c79-78-70-26-14-13-22-59(70)38-46-75(78)81(67-41-37-56-21-9-12-25-64(56)49-67)69-43-45-72-74(51-69)77(61-33-29-58(30-34-61)53-17-5-2-6-18-53)71-44-42-68(50-73(71)76(72)60-31-27-57(28-32-60)52-15-3-1-4-16-52)80(65-39-35-54-19-7-10-23-62(54)47-65)66-40-36-55-20-8-11-24-63(55)48-66/h1-7,10-19,22-51,70,78H,8-9,20-21H2/t70?,78-/m1/s1. The van der Waals surface area contributed by atoms with E-state index in [9.17, 15) is 0 Å². The maximum Gasteiger partial charge on any atom is 0.0619 e. The summed E-state index contributed by atoms with van der Waals surface area (Å²) in [6.45, 7) is 0. The van der Waals surface area contributed by atoms with Gasteiger partial charge in [-0.25, -0.2) is 0 Å². The molecule has 0 amide bonds. The Hall–Kier alpha value is -9.03. The molecule has 4 aliphatic rings. The molecule has 0 saturated carbocycles. The molecule has 0 spiro atoms. The summed E-state index contributed by atoms with van der Waals surface area (Å²) in [5.74, 6) is 0.269. The van der Waals surface area contributed by atoms with Crippen LogP contribution in [0.3, 0.4) is 0 Å². The normalized spacial score (nSPS) is 16.0. The Bertz CT molecular complexity index is 4460. The van der Waals surface area contributed by atoms with E-state index in [0.29, 0.717) is 0 Å². The first kappa shape index (κ1) is 49.0. The Labute approximate surface area is 488 Å². The third kappa shape index (κ3) is 9.07. The van der Waals surface area contributed by atoms with E-state index in [4.69, 9.17) is 0 Å². The van der Waals surface area contributed by atoms with E-state index < -0.39 is 0 Å². The summed E-state index contributed by atoms with van der Waals surface area (Å²) in [6, 6.07) is 84.5. The van der Waals surface area contributed by atoms with Crippen molar-refractivity contribution in [1.82, 2.24) is 0 Å². The van der Waals surface area contributed by atoms with Gasteiger partial charge in [-0.15, -0.1) is 0 Å². The number of hydrogen-bond donors (Lipinski definition) is 0. The number of aryl methyl sites for hydroxylation is 2. The minimum atomic E-state index is 0.196. The summed E-state index contributed by atoms with van der Waals surface area (Å²) in [4.78, 5) is 5.03. The van der Waals surface area contributed by atoms with Crippen molar-refractivity contribution in [2.75, 3.05) is 9.80 Å². The van der Waals surface area contributed by atoms with E-state index >= 15 is 0 Å². The van der Waals surface area contributed by atoms with Gasteiger partial charge in [0.25, 0.3) is 0 Å². The molecule has 2 atom stereocenters. The van der Waals surface area contributed by atoms with Crippen LogP contribution in [0.2, 0.25) is 0 Å². The van der Waals surface area contributed by atoms with Crippen molar-refractivity contribution in [3.05, 3.63) is 307 Å². The zero-order chi connectivity index (χ0) is 53.8. The minimum absolute atomic E-state index is 0.196. The molecule has 0 aliphatic heterocycles. The Morgan fingerprint density at radius 3 is 1.42 bits per heavy atom. The van der Waals surface area contributed by atoms with Crippen LogP contribution in [-0.2, 0) is 12.8 Å². The van der Waals surface area contributed by atoms with Gasteiger partial charge in [0.1, 0.15) is 0 Å². The van der Waals surface area contributed by atoms with Crippen molar-refractivity contribution < 1.29 is 0 Å². The van der Waals surface area contributed by atoms with Gasteiger partial charge >= 0.3 is 0 Å². The van der Waals surface area contributed by atoms with Crippen LogP contribution in [0.4, 0.5) is 28.4 Å². The number of allylic oxidation sites excluding steroid dienone is 10. The average molecular weight is 1150 g/mol. The van der Waals surface area contributed by atoms with Crippen molar-refractivity contribution in [3.8, 4) is 44.5 Å². The lowest BCUT2D eigenvalue weighted by atomic mass is 9.84. The molecule has 4 aliphatic carbocycles. The fourth-order valence-electron chi connectivity index (χ4n) is 13.0. The topological polar surface area (TPSA) is 6.48 Å². The molecule has 0 aromatic heterocycles. The number of rotatable bonds is 10. The van der Waals surface area contributed by atoms with Gasteiger partial charge in [-0.1, -0.05) is 241 Å². The summed E-state index contributed by atoms with van der Waals surface area (Å²) >= 11 is 2.71. The molecule has 386 valence electrons. The van der Waals surface area contributed by atoms with Crippen molar-refractivity contribution in [2.45, 2.75) is 29.6 Å². The summed E-state index contributed by atoms with van der Waals surface area (Å²) in [5, 5.41) is 7.24. The van der Waals surface area contributed by atoms with Crippen LogP contribution in [0.1, 0.15) is 35.1 Å². The second kappa shape index (κ2) is 20.9. The van der Waals surface area contributed by atoms with Crippen molar-refractivity contribution >= 4 is 95.5 Å². The van der Waals surface area contributed by atoms with Crippen LogP contribution in [-0.4, -0.2) is 3.92 Å². The third-order valence-electron chi connectivity index (χ3n) is 17.1. The molecule has 0 fully saturated rings. The van der Waals surface area contributed by atoms with E-state index in [-0.39, 0.29) is 9.84 Å². The van der Waals surface area contributed by atoms with Crippen LogP contribution in [0, 0.1) is 5.92 Å². The van der Waals surface area contributed by atoms with Gasteiger partial charge in [0.2, 0.25) is 0 Å². The Morgan fingerprint density at radius 2 is 0.827 bits per heavy atom. The Kier molecular flexibility index (Phi) is 12.6. The predicted molar refractivity (Wildman–Crippen MR) is 354 cm³/mol. The quantitative estimate of drug-likeness (QED) is 0.0765. The monoisotopic (exact) mass is 1150 g/mol. The number of halogens is 1. The lowest BCUT2D eigenvalue weighted by molar-refractivity contribution is 0.771. The number of anilines is 5. The zero-order valence-electron chi connectivity index (χ0n) is 44.9. The molecular weight excluding hydrogens is 1090 g/mol. The molecule has 1 unspecified atom stereocenters. The second-order valence-corrected chi connectivity index (χ2v) is 23.2. The molecule has 11 aromatic carbocycles. The first-order valence-electron chi connectivity index (χ1n) is 28.5. The Morgan fingerprint density at radius 1 is 0.358 bits per heavy atom. The Balaban J connectivity index is 1.01. The largest absolute Gasteiger partial charge is 0.313 e. The maximum absolute atomic E-state index is 2.71. The number of hydrogen-bond acceptors (Lipinski definition) is 2. The molecule has 0 bridgehead atoms. The van der Waals surface area contributed by atoms with Crippen molar-refractivity contribution in [2.24, 2.45) is 5.92 Å². The van der Waals surface area contributed by atoms with Crippen LogP contribution < -0.4 is 9.80 Å². The van der Waals surface area contributed by atoms with Gasteiger partial charge in [0.15, 0.2) is 0 Å². The van der Waals surface area contributed by atoms with Gasteiger partial charge in [-0.05, 0) is 197 Å². The highest BCUT2D eigenvalue weighted by molar-refractivity contribution is 14.1. The minimum Gasteiger partial charge on any atom is -0.313 e. The molecule has 0 radical (unpaired) electrons. The molecule has 81 heavy (non-hydrogen) atoms. The van der Waals surface area contributed by atoms with E-state index in [1.54, 1.807) is 0 Å². The highest BCUT2D eigenvalue weighted by atomic mass is 127. The molecule has 0 saturated heterocycles. The molecule has 3 heteroatoms. The van der Waals surface area contributed by atoms with Crippen molar-refractivity contribution in [1.29, 1.82) is 0 Å². The number of fused-ring (bicyclic) bond motifs is 6. The van der Waals surface area contributed by atoms with Crippen LogP contribution in [0.25, 0.3) is 89.0 Å². The molecule has 0 N–H and O–H groups in total. The SMILES string of the molecule is I[C@H]1C(N(c2ccc3c(c2)C=CCC3)c2ccc3c(-c4ccc(-c5ccccc5)cc4)c4cc(N(c5ccc6c(c5)C=CCC6)c5ccc6ccccc6c5)ccc4c(-c4ccc(-c5ccccc5)cc4)c3c2)=CC=C2C=CC=CC21. The summed E-state index contributed by atoms with van der Waals surface area (Å²) in [5.41, 5.74) is 23.2. The number of nitrogens with zero attached hydrogens (tertiary/aromatic N) is 2. The predicted octanol–water partition coefficient (Wildman–Crippen LogP) is 21.7. The van der Waals surface area contributed by atoms with Gasteiger partial charge in [-0.2, -0.15) is 0 Å². The van der Waals surface area contributed by atoms with Crippen molar-refractivity contribution in [3.63, 3.8) is 0 Å². The zero-order valence-corrected chi connectivity index (χ0v) is 47.0.